The van der Waals surface area contributed by atoms with E-state index in [4.69, 9.17) is 16.9 Å². The Hall–Kier alpha value is -0.430. The molecule has 1 aliphatic carbocycles. The lowest BCUT2D eigenvalue weighted by atomic mass is 10.2. The van der Waals surface area contributed by atoms with Crippen molar-refractivity contribution in [2.45, 2.75) is 18.0 Å². The average Bonchev–Trinajstić information content (AvgIpc) is 2.62. The molecule has 0 spiro atoms. The van der Waals surface area contributed by atoms with E-state index in [0.717, 1.165) is 0 Å². The van der Waals surface area contributed by atoms with Gasteiger partial charge in [0.1, 0.15) is 5.38 Å². The highest BCUT2D eigenvalue weighted by molar-refractivity contribution is 6.22. The third kappa shape index (κ3) is 1.78. The van der Waals surface area contributed by atoms with E-state index in [0.29, 0.717) is 0 Å². The predicted molar refractivity (Wildman–Crippen MR) is 32.9 cm³/mol. The van der Waals surface area contributed by atoms with Crippen LogP contribution in [0.4, 0.5) is 13.2 Å². The zero-order valence-electron chi connectivity index (χ0n) is 5.40. The first kappa shape index (κ1) is 8.66. The number of nitrogens with zero attached hydrogens (tertiary/aromatic N) is 1. The molecule has 0 aromatic rings. The Labute approximate surface area is 66.8 Å². The second-order valence-corrected chi connectivity index (χ2v) is 3.05. The van der Waals surface area contributed by atoms with Crippen LogP contribution >= 0.6 is 11.6 Å². The van der Waals surface area contributed by atoms with Crippen LogP contribution in [0, 0.1) is 23.2 Å². The molecular weight excluding hydrogens is 179 g/mol. The van der Waals surface area contributed by atoms with Crippen molar-refractivity contribution in [3.63, 3.8) is 0 Å². The molecule has 0 bridgehead atoms. The van der Waals surface area contributed by atoms with E-state index < -0.39 is 23.4 Å². The van der Waals surface area contributed by atoms with Gasteiger partial charge in [-0.05, 0) is 6.42 Å². The molecule has 5 heteroatoms. The van der Waals surface area contributed by atoms with Gasteiger partial charge in [0, 0.05) is 5.92 Å². The summed E-state index contributed by atoms with van der Waals surface area (Å²) in [6.07, 6.45) is -4.17. The molecule has 62 valence electrons. The fourth-order valence-corrected chi connectivity index (χ4v) is 1.29. The molecule has 0 aromatic heterocycles. The molecule has 0 saturated heterocycles. The van der Waals surface area contributed by atoms with Gasteiger partial charge < -0.3 is 0 Å². The maximum atomic E-state index is 11.8. The number of nitriles is 1. The summed E-state index contributed by atoms with van der Waals surface area (Å²) in [7, 11) is 0. The van der Waals surface area contributed by atoms with Crippen LogP contribution in [0.3, 0.4) is 0 Å². The van der Waals surface area contributed by atoms with Crippen LogP contribution in [0.5, 0.6) is 0 Å². The normalized spacial score (nSPS) is 32.6. The molecular formula is C6H5ClF3N. The van der Waals surface area contributed by atoms with E-state index in [-0.39, 0.29) is 6.42 Å². The minimum atomic E-state index is -4.17. The SMILES string of the molecule is N#CC(Cl)C1CC1C(F)(F)F. The molecule has 1 nitrogen and oxygen atoms in total. The van der Waals surface area contributed by atoms with Crippen molar-refractivity contribution in [3.05, 3.63) is 0 Å². The van der Waals surface area contributed by atoms with E-state index in [2.05, 4.69) is 0 Å². The maximum absolute atomic E-state index is 11.8. The molecule has 1 aliphatic rings. The molecule has 1 rings (SSSR count). The van der Waals surface area contributed by atoms with Crippen molar-refractivity contribution in [1.82, 2.24) is 0 Å². The van der Waals surface area contributed by atoms with E-state index in [1.54, 1.807) is 6.07 Å². The second-order valence-electron chi connectivity index (χ2n) is 2.58. The number of rotatable bonds is 1. The van der Waals surface area contributed by atoms with Gasteiger partial charge in [-0.15, -0.1) is 11.6 Å². The van der Waals surface area contributed by atoms with Crippen molar-refractivity contribution >= 4 is 11.6 Å². The summed E-state index contributed by atoms with van der Waals surface area (Å²) < 4.78 is 35.5. The van der Waals surface area contributed by atoms with Crippen molar-refractivity contribution in [1.29, 1.82) is 5.26 Å². The number of alkyl halides is 4. The van der Waals surface area contributed by atoms with Gasteiger partial charge in [0.05, 0.1) is 12.0 Å². The van der Waals surface area contributed by atoms with E-state index in [1.165, 1.54) is 0 Å². The standard InChI is InChI=1S/C6H5ClF3N/c7-5(2-11)3-1-4(3)6(8,9)10/h3-5H,1H2. The van der Waals surface area contributed by atoms with Crippen molar-refractivity contribution in [2.75, 3.05) is 0 Å². The van der Waals surface area contributed by atoms with Gasteiger partial charge in [-0.25, -0.2) is 0 Å². The zero-order valence-corrected chi connectivity index (χ0v) is 6.15. The summed E-state index contributed by atoms with van der Waals surface area (Å²) in [5.74, 6) is -2.02. The second kappa shape index (κ2) is 2.56. The lowest BCUT2D eigenvalue weighted by Crippen LogP contribution is -2.14. The summed E-state index contributed by atoms with van der Waals surface area (Å²) in [5, 5.41) is 7.19. The fourth-order valence-electron chi connectivity index (χ4n) is 1.01. The Morgan fingerprint density at radius 3 is 2.36 bits per heavy atom. The summed E-state index contributed by atoms with van der Waals surface area (Å²) in [4.78, 5) is 0. The Kier molecular flexibility index (Phi) is 2.02. The van der Waals surface area contributed by atoms with Crippen LogP contribution in [0.25, 0.3) is 0 Å². The van der Waals surface area contributed by atoms with Gasteiger partial charge in [0.15, 0.2) is 0 Å². The summed E-state index contributed by atoms with van der Waals surface area (Å²) in [6, 6.07) is 1.59. The summed E-state index contributed by atoms with van der Waals surface area (Å²) in [5.41, 5.74) is 0. The third-order valence-corrected chi connectivity index (χ3v) is 2.18. The molecule has 1 fully saturated rings. The monoisotopic (exact) mass is 183 g/mol. The van der Waals surface area contributed by atoms with Crippen LogP contribution in [0.2, 0.25) is 0 Å². The Morgan fingerprint density at radius 2 is 2.09 bits per heavy atom. The van der Waals surface area contributed by atoms with Gasteiger partial charge in [-0.1, -0.05) is 0 Å². The lowest BCUT2D eigenvalue weighted by Gasteiger charge is -2.04. The minimum Gasteiger partial charge on any atom is -0.197 e. The predicted octanol–water partition coefficient (Wildman–Crippen LogP) is 2.32. The largest absolute Gasteiger partial charge is 0.392 e. The molecule has 0 aromatic carbocycles. The maximum Gasteiger partial charge on any atom is 0.392 e. The first-order valence-electron chi connectivity index (χ1n) is 3.07. The molecule has 0 radical (unpaired) electrons. The zero-order chi connectivity index (χ0) is 8.65. The van der Waals surface area contributed by atoms with E-state index in [9.17, 15) is 13.2 Å². The molecule has 0 heterocycles. The van der Waals surface area contributed by atoms with Gasteiger partial charge >= 0.3 is 6.18 Å². The third-order valence-electron chi connectivity index (χ3n) is 1.76. The summed E-state index contributed by atoms with van der Waals surface area (Å²) >= 11 is 5.30. The highest BCUT2D eigenvalue weighted by Crippen LogP contribution is 2.52. The molecule has 0 amide bonds. The first-order chi connectivity index (χ1) is 4.96. The minimum absolute atomic E-state index is 0.00519. The highest BCUT2D eigenvalue weighted by atomic mass is 35.5. The van der Waals surface area contributed by atoms with Gasteiger partial charge in [-0.3, -0.25) is 0 Å². The highest BCUT2D eigenvalue weighted by Gasteiger charge is 2.58. The Bertz CT molecular complexity index is 195. The van der Waals surface area contributed by atoms with Crippen LogP contribution in [0.15, 0.2) is 0 Å². The van der Waals surface area contributed by atoms with Gasteiger partial charge in [-0.2, -0.15) is 18.4 Å². The summed E-state index contributed by atoms with van der Waals surface area (Å²) in [6.45, 7) is 0. The van der Waals surface area contributed by atoms with E-state index in [1.807, 2.05) is 0 Å². The number of halogens is 4. The van der Waals surface area contributed by atoms with Crippen molar-refractivity contribution < 1.29 is 13.2 Å². The van der Waals surface area contributed by atoms with Crippen LogP contribution in [-0.2, 0) is 0 Å². The molecule has 11 heavy (non-hydrogen) atoms. The Balaban J connectivity index is 2.45. The van der Waals surface area contributed by atoms with Crippen LogP contribution < -0.4 is 0 Å². The molecule has 3 atom stereocenters. The lowest BCUT2D eigenvalue weighted by molar-refractivity contribution is -0.150. The van der Waals surface area contributed by atoms with Crippen LogP contribution in [0.1, 0.15) is 6.42 Å². The van der Waals surface area contributed by atoms with Crippen molar-refractivity contribution in [3.8, 4) is 6.07 Å². The molecule has 1 saturated carbocycles. The van der Waals surface area contributed by atoms with E-state index >= 15 is 0 Å². The Morgan fingerprint density at radius 1 is 1.55 bits per heavy atom. The molecule has 0 aliphatic heterocycles. The van der Waals surface area contributed by atoms with Crippen LogP contribution in [-0.4, -0.2) is 11.6 Å². The quantitative estimate of drug-likeness (QED) is 0.573. The number of hydrogen-bond acceptors (Lipinski definition) is 1. The molecule has 3 unspecified atom stereocenters. The smallest absolute Gasteiger partial charge is 0.197 e. The average molecular weight is 184 g/mol. The van der Waals surface area contributed by atoms with Gasteiger partial charge in [0.25, 0.3) is 0 Å². The van der Waals surface area contributed by atoms with Crippen molar-refractivity contribution in [2.24, 2.45) is 11.8 Å². The first-order valence-corrected chi connectivity index (χ1v) is 3.51. The molecule has 0 N–H and O–H groups in total. The fraction of sp³-hybridized carbons (Fsp3) is 0.833. The topological polar surface area (TPSA) is 23.8 Å². The number of hydrogen-bond donors (Lipinski definition) is 0. The van der Waals surface area contributed by atoms with Gasteiger partial charge in [0.2, 0.25) is 0 Å².